The fourth-order valence-electron chi connectivity index (χ4n) is 5.94. The maximum absolute atomic E-state index is 11.0. The third-order valence-corrected chi connectivity index (χ3v) is 20.3. The number of hydrogen-bond acceptors (Lipinski definition) is 6. The minimum atomic E-state index is -1.89. The van der Waals surface area contributed by atoms with Gasteiger partial charge in [-0.15, -0.1) is 0 Å². The zero-order valence-electron chi connectivity index (χ0n) is 30.9. The first-order chi connectivity index (χ1) is 21.0. The van der Waals surface area contributed by atoms with E-state index in [0.29, 0.717) is 26.2 Å². The molecule has 0 amide bonds. The maximum atomic E-state index is 11.0. The van der Waals surface area contributed by atoms with Gasteiger partial charge in [-0.05, 0) is 74.9 Å². The van der Waals surface area contributed by atoms with Crippen molar-refractivity contribution in [1.82, 2.24) is 0 Å². The molecule has 0 saturated carbocycles. The topological polar surface area (TPSA) is 66.4 Å². The zero-order chi connectivity index (χ0) is 33.9. The molecule has 1 heterocycles. The summed E-state index contributed by atoms with van der Waals surface area (Å²) in [5.41, 5.74) is 0.295. The number of ether oxygens (including phenoxy) is 3. The highest BCUT2D eigenvalue weighted by atomic mass is 28.4. The monoisotopic (exact) mass is 664 g/mol. The van der Waals surface area contributed by atoms with E-state index < -0.39 is 33.9 Å². The Hall–Kier alpha value is -0.846. The quantitative estimate of drug-likeness (QED) is 0.0904. The summed E-state index contributed by atoms with van der Waals surface area (Å²) >= 11 is 0. The van der Waals surface area contributed by atoms with Crippen LogP contribution in [0.15, 0.2) is 42.5 Å². The lowest BCUT2D eigenvalue weighted by Crippen LogP contribution is -2.59. The van der Waals surface area contributed by atoms with Gasteiger partial charge in [0.2, 0.25) is 0 Å². The van der Waals surface area contributed by atoms with Crippen LogP contribution in [-0.2, 0) is 29.7 Å². The Balaban J connectivity index is 2.16. The van der Waals surface area contributed by atoms with Gasteiger partial charge in [0.1, 0.15) is 0 Å². The average Bonchev–Trinajstić information content (AvgIpc) is 3.01. The largest absolute Gasteiger partial charge is 0.416 e. The van der Waals surface area contributed by atoms with E-state index in [0.717, 1.165) is 37.4 Å². The van der Waals surface area contributed by atoms with Crippen LogP contribution < -0.4 is 0 Å². The van der Waals surface area contributed by atoms with Crippen molar-refractivity contribution in [3.05, 3.63) is 48.0 Å². The molecule has 6 nitrogen and oxygen atoms in total. The third kappa shape index (κ3) is 11.4. The summed E-state index contributed by atoms with van der Waals surface area (Å²) in [5, 5.41) is 11.2. The van der Waals surface area contributed by atoms with Crippen molar-refractivity contribution in [3.63, 3.8) is 0 Å². The molecule has 1 saturated heterocycles. The number of benzene rings is 1. The van der Waals surface area contributed by atoms with Gasteiger partial charge in [0.05, 0.1) is 36.1 Å². The Morgan fingerprint density at radius 3 is 2.24 bits per heavy atom. The smallest absolute Gasteiger partial charge is 0.192 e. The second-order valence-corrected chi connectivity index (χ2v) is 24.8. The van der Waals surface area contributed by atoms with Crippen LogP contribution >= 0.6 is 0 Å². The molecule has 1 fully saturated rings. The van der Waals surface area contributed by atoms with Crippen molar-refractivity contribution >= 4 is 16.6 Å². The molecule has 0 bridgehead atoms. The average molecular weight is 665 g/mol. The first kappa shape index (κ1) is 40.3. The number of methoxy groups -OCH3 is 1. The predicted octanol–water partition coefficient (Wildman–Crippen LogP) is 9.29. The van der Waals surface area contributed by atoms with Gasteiger partial charge in [0, 0.05) is 32.7 Å². The van der Waals surface area contributed by atoms with Crippen LogP contribution in [0.25, 0.3) is 0 Å². The summed E-state index contributed by atoms with van der Waals surface area (Å²) < 4.78 is 32.8. The van der Waals surface area contributed by atoms with Crippen molar-refractivity contribution in [2.75, 3.05) is 20.3 Å². The van der Waals surface area contributed by atoms with Gasteiger partial charge < -0.3 is 28.2 Å². The molecule has 0 unspecified atom stereocenters. The van der Waals surface area contributed by atoms with Gasteiger partial charge in [-0.1, -0.05) is 91.0 Å². The highest BCUT2D eigenvalue weighted by Gasteiger charge is 2.50. The van der Waals surface area contributed by atoms with E-state index >= 15 is 0 Å². The summed E-state index contributed by atoms with van der Waals surface area (Å²) in [7, 11) is -1.98. The standard InChI is InChI=1S/C37H68O6Si2/c1-13-45(14-2,15-3)43-37(9)25-24-34(36(8,39-10)26-27-40-29-31-20-17-16-18-21-31)42-33(37)23-19-22-32(38)30(4)28-41-44(11,12)35(5,6)7/h16-22,30,32-34,38H,13-15,23-29H2,1-12H3/b22-19+/t30-,32+,33+,34+,36-,37+/m0/s1. The lowest BCUT2D eigenvalue weighted by atomic mass is 9.81. The summed E-state index contributed by atoms with van der Waals surface area (Å²) in [4.78, 5) is 0. The van der Waals surface area contributed by atoms with Gasteiger partial charge in [-0.3, -0.25) is 0 Å². The molecule has 8 heteroatoms. The molecule has 0 aromatic heterocycles. The van der Waals surface area contributed by atoms with Crippen LogP contribution in [0, 0.1) is 5.92 Å². The third-order valence-electron chi connectivity index (χ3n) is 11.1. The van der Waals surface area contributed by atoms with Crippen LogP contribution in [0.2, 0.25) is 36.3 Å². The van der Waals surface area contributed by atoms with E-state index in [1.807, 2.05) is 24.3 Å². The van der Waals surface area contributed by atoms with E-state index in [-0.39, 0.29) is 23.2 Å². The molecule has 0 aliphatic carbocycles. The fraction of sp³-hybridized carbons (Fsp3) is 0.784. The van der Waals surface area contributed by atoms with E-state index in [1.54, 1.807) is 7.11 Å². The van der Waals surface area contributed by atoms with E-state index in [2.05, 4.69) is 93.6 Å². The molecule has 0 spiro atoms. The summed E-state index contributed by atoms with van der Waals surface area (Å²) in [6, 6.07) is 13.6. The maximum Gasteiger partial charge on any atom is 0.192 e. The first-order valence-electron chi connectivity index (χ1n) is 17.5. The molecule has 1 N–H and O–H groups in total. The van der Waals surface area contributed by atoms with Crippen LogP contribution in [0.4, 0.5) is 0 Å². The van der Waals surface area contributed by atoms with E-state index in [9.17, 15) is 5.11 Å². The molecule has 2 rings (SSSR count). The molecule has 0 radical (unpaired) electrons. The van der Waals surface area contributed by atoms with Crippen molar-refractivity contribution in [2.24, 2.45) is 5.92 Å². The molecule has 1 aromatic carbocycles. The van der Waals surface area contributed by atoms with Crippen molar-refractivity contribution in [3.8, 4) is 0 Å². The van der Waals surface area contributed by atoms with Crippen LogP contribution in [-0.4, -0.2) is 71.6 Å². The van der Waals surface area contributed by atoms with Crippen LogP contribution in [0.5, 0.6) is 0 Å². The van der Waals surface area contributed by atoms with Gasteiger partial charge in [-0.25, -0.2) is 0 Å². The minimum absolute atomic E-state index is 0.00558. The van der Waals surface area contributed by atoms with Crippen molar-refractivity contribution in [2.45, 2.75) is 160 Å². The van der Waals surface area contributed by atoms with Crippen LogP contribution in [0.1, 0.15) is 93.6 Å². The molecule has 1 aromatic rings. The highest BCUT2D eigenvalue weighted by molar-refractivity contribution is 6.74. The lowest BCUT2D eigenvalue weighted by molar-refractivity contribution is -0.218. The molecule has 1 aliphatic rings. The fourth-order valence-corrected chi connectivity index (χ4v) is 10.2. The van der Waals surface area contributed by atoms with Gasteiger partial charge >= 0.3 is 0 Å². The summed E-state index contributed by atoms with van der Waals surface area (Å²) in [6.45, 7) is 26.3. The first-order valence-corrected chi connectivity index (χ1v) is 22.9. The predicted molar refractivity (Wildman–Crippen MR) is 193 cm³/mol. The Labute approximate surface area is 278 Å². The molecule has 260 valence electrons. The number of rotatable bonds is 19. The van der Waals surface area contributed by atoms with E-state index in [4.69, 9.17) is 23.1 Å². The Bertz CT molecular complexity index is 1000. The second-order valence-electron chi connectivity index (χ2n) is 15.3. The van der Waals surface area contributed by atoms with E-state index in [1.165, 1.54) is 5.56 Å². The number of aliphatic hydroxyl groups excluding tert-OH is 1. The molecule has 6 atom stereocenters. The molecular formula is C37H68O6Si2. The molecule has 1 aliphatic heterocycles. The number of hydrogen-bond donors (Lipinski definition) is 1. The summed E-state index contributed by atoms with van der Waals surface area (Å²) in [6.07, 6.45) is 6.42. The van der Waals surface area contributed by atoms with Gasteiger partial charge in [0.25, 0.3) is 0 Å². The van der Waals surface area contributed by atoms with Gasteiger partial charge in [0.15, 0.2) is 16.6 Å². The second kappa shape index (κ2) is 17.5. The molecular weight excluding hydrogens is 597 g/mol. The zero-order valence-corrected chi connectivity index (χ0v) is 32.9. The normalized spacial score (nSPS) is 24.5. The Morgan fingerprint density at radius 1 is 1.07 bits per heavy atom. The summed E-state index contributed by atoms with van der Waals surface area (Å²) in [5.74, 6) is 0.00558. The van der Waals surface area contributed by atoms with Crippen molar-refractivity contribution < 1.29 is 28.2 Å². The van der Waals surface area contributed by atoms with Crippen molar-refractivity contribution in [1.29, 1.82) is 0 Å². The minimum Gasteiger partial charge on any atom is -0.416 e. The Morgan fingerprint density at radius 2 is 1.69 bits per heavy atom. The van der Waals surface area contributed by atoms with Crippen LogP contribution in [0.3, 0.4) is 0 Å². The SMILES string of the molecule is CC[Si](CC)(CC)O[C@]1(C)CC[C@H]([C@](C)(CCOCc2ccccc2)OC)O[C@@H]1C/C=C/[C@@H](O)[C@@H](C)CO[Si](C)(C)C(C)(C)C. The number of aliphatic hydroxyl groups is 1. The molecule has 45 heavy (non-hydrogen) atoms. The van der Waals surface area contributed by atoms with Gasteiger partial charge in [-0.2, -0.15) is 0 Å². The highest BCUT2D eigenvalue weighted by Crippen LogP contribution is 2.43. The lowest BCUT2D eigenvalue weighted by Gasteiger charge is -2.51. The Kier molecular flexibility index (Phi) is 15.7.